The molecule has 0 radical (unpaired) electrons. The topological polar surface area (TPSA) is 211 Å². The molecule has 0 aromatic heterocycles. The molecule has 0 aliphatic carbocycles. The van der Waals surface area contributed by atoms with Gasteiger partial charge in [-0.25, -0.2) is 4.79 Å². The molecule has 0 bridgehead atoms. The van der Waals surface area contributed by atoms with Gasteiger partial charge in [0.1, 0.15) is 23.9 Å². The van der Waals surface area contributed by atoms with Crippen LogP contribution in [0.5, 0.6) is 5.75 Å². The number of carboxylic acids is 1. The van der Waals surface area contributed by atoms with Crippen molar-refractivity contribution in [2.45, 2.75) is 37.5 Å². The minimum atomic E-state index is -1.60. The molecule has 4 unspecified atom stereocenters. The van der Waals surface area contributed by atoms with Crippen LogP contribution in [-0.4, -0.2) is 81.5 Å². The van der Waals surface area contributed by atoms with Gasteiger partial charge >= 0.3 is 5.97 Å². The van der Waals surface area contributed by atoms with E-state index in [9.17, 15) is 29.4 Å². The summed E-state index contributed by atoms with van der Waals surface area (Å²) in [5.74, 6) is -3.89. The molecule has 3 amide bonds. The number of aromatic hydroxyl groups is 1. The number of carboxylic acid groups (broad SMARTS) is 1. The van der Waals surface area contributed by atoms with Gasteiger partial charge in [0.25, 0.3) is 0 Å². The summed E-state index contributed by atoms with van der Waals surface area (Å²) in [6.07, 6.45) is 0.153. The van der Waals surface area contributed by atoms with Crippen LogP contribution in [0.2, 0.25) is 0 Å². The summed E-state index contributed by atoms with van der Waals surface area (Å²) in [5.41, 5.74) is 6.52. The van der Waals surface area contributed by atoms with Crippen molar-refractivity contribution < 1.29 is 39.6 Å². The first-order chi connectivity index (χ1) is 14.1. The lowest BCUT2D eigenvalue weighted by Crippen LogP contribution is -2.57. The molecule has 0 saturated heterocycles. The Bertz CT molecular complexity index is 755. The van der Waals surface area contributed by atoms with Gasteiger partial charge in [-0.2, -0.15) is 0 Å². The zero-order valence-electron chi connectivity index (χ0n) is 16.2. The Balaban J connectivity index is 2.60. The Morgan fingerprint density at radius 3 is 1.93 bits per heavy atom. The van der Waals surface area contributed by atoms with Gasteiger partial charge in [0.15, 0.2) is 0 Å². The molecule has 1 rings (SSSR count). The second kappa shape index (κ2) is 11.7. The molecule has 9 N–H and O–H groups in total. The largest absolute Gasteiger partial charge is 0.508 e. The Morgan fingerprint density at radius 2 is 1.43 bits per heavy atom. The minimum absolute atomic E-state index is 0.0678. The lowest BCUT2D eigenvalue weighted by molar-refractivity contribution is -0.143. The average molecular weight is 426 g/mol. The maximum Gasteiger partial charge on any atom is 0.328 e. The van der Waals surface area contributed by atoms with Crippen LogP contribution in [0.15, 0.2) is 24.3 Å². The van der Waals surface area contributed by atoms with Crippen molar-refractivity contribution in [3.8, 4) is 5.75 Å². The molecule has 12 heteroatoms. The fourth-order valence-corrected chi connectivity index (χ4v) is 2.31. The first kappa shape index (κ1) is 24.8. The van der Waals surface area contributed by atoms with Crippen molar-refractivity contribution >= 4 is 23.7 Å². The highest BCUT2D eigenvalue weighted by Crippen LogP contribution is 2.10. The third-order valence-electron chi connectivity index (χ3n) is 4.09. The van der Waals surface area contributed by atoms with Crippen LogP contribution < -0.4 is 21.7 Å². The molecule has 166 valence electrons. The number of phenolic OH excluding ortho intramolecular Hbond substituents is 1. The molecule has 0 spiro atoms. The van der Waals surface area contributed by atoms with E-state index < -0.39 is 61.1 Å². The number of nitrogens with two attached hydrogens (primary N) is 1. The van der Waals surface area contributed by atoms with Crippen LogP contribution in [-0.2, 0) is 25.6 Å². The molecule has 4 atom stereocenters. The Morgan fingerprint density at radius 1 is 0.900 bits per heavy atom. The fraction of sp³-hybridized carbons (Fsp3) is 0.444. The van der Waals surface area contributed by atoms with Gasteiger partial charge in [0.05, 0.1) is 19.3 Å². The van der Waals surface area contributed by atoms with Crippen LogP contribution in [0.1, 0.15) is 12.5 Å². The highest BCUT2D eigenvalue weighted by atomic mass is 16.4. The number of aliphatic hydroxyl groups is 2. The van der Waals surface area contributed by atoms with E-state index in [1.54, 1.807) is 12.1 Å². The van der Waals surface area contributed by atoms with E-state index in [4.69, 9.17) is 15.9 Å². The normalized spacial score (nSPS) is 14.7. The standard InChI is InChI=1S/C18H26N4O8/c1-9(20-16(27)12(19)6-10-2-4-11(25)5-3-10)15(26)21-13(7-23)17(28)22-14(8-24)18(29)30/h2-5,9,12-14,23-25H,6-8,19H2,1H3,(H,20,27)(H,21,26)(H,22,28)(H,29,30). The average Bonchev–Trinajstić information content (AvgIpc) is 2.70. The highest BCUT2D eigenvalue weighted by Gasteiger charge is 2.28. The summed E-state index contributed by atoms with van der Waals surface area (Å²) in [7, 11) is 0. The van der Waals surface area contributed by atoms with E-state index >= 15 is 0 Å². The summed E-state index contributed by atoms with van der Waals surface area (Å²) < 4.78 is 0. The van der Waals surface area contributed by atoms with E-state index in [1.807, 2.05) is 5.32 Å². The maximum absolute atomic E-state index is 12.2. The lowest BCUT2D eigenvalue weighted by atomic mass is 10.1. The minimum Gasteiger partial charge on any atom is -0.508 e. The van der Waals surface area contributed by atoms with Crippen molar-refractivity contribution in [2.75, 3.05) is 13.2 Å². The van der Waals surface area contributed by atoms with E-state index in [1.165, 1.54) is 19.1 Å². The van der Waals surface area contributed by atoms with Crippen LogP contribution in [0.3, 0.4) is 0 Å². The van der Waals surface area contributed by atoms with Crippen LogP contribution >= 0.6 is 0 Å². The molecule has 0 heterocycles. The number of rotatable bonds is 11. The fourth-order valence-electron chi connectivity index (χ4n) is 2.31. The molecular weight excluding hydrogens is 400 g/mol. The monoisotopic (exact) mass is 426 g/mol. The second-order valence-corrected chi connectivity index (χ2v) is 6.53. The predicted octanol–water partition coefficient (Wildman–Crippen LogP) is -3.19. The van der Waals surface area contributed by atoms with Crippen LogP contribution in [0.4, 0.5) is 0 Å². The molecule has 1 aromatic rings. The number of carbonyl (C=O) groups excluding carboxylic acids is 3. The molecule has 1 aromatic carbocycles. The number of aliphatic carboxylic acids is 1. The predicted molar refractivity (Wildman–Crippen MR) is 103 cm³/mol. The van der Waals surface area contributed by atoms with Gasteiger partial charge in [-0.05, 0) is 31.0 Å². The van der Waals surface area contributed by atoms with E-state index in [0.717, 1.165) is 0 Å². The first-order valence-electron chi connectivity index (χ1n) is 8.98. The zero-order chi connectivity index (χ0) is 22.8. The van der Waals surface area contributed by atoms with E-state index in [0.29, 0.717) is 5.56 Å². The van der Waals surface area contributed by atoms with Gasteiger partial charge in [-0.1, -0.05) is 12.1 Å². The third-order valence-corrected chi connectivity index (χ3v) is 4.09. The third kappa shape index (κ3) is 7.66. The van der Waals surface area contributed by atoms with Gasteiger partial charge in [-0.15, -0.1) is 0 Å². The maximum atomic E-state index is 12.2. The van der Waals surface area contributed by atoms with Gasteiger partial charge < -0.3 is 42.1 Å². The van der Waals surface area contributed by atoms with Gasteiger partial charge in [-0.3, -0.25) is 14.4 Å². The van der Waals surface area contributed by atoms with Crippen LogP contribution in [0.25, 0.3) is 0 Å². The summed E-state index contributed by atoms with van der Waals surface area (Å²) in [6.45, 7) is -0.379. The number of nitrogens with one attached hydrogen (secondary N) is 3. The molecule has 12 nitrogen and oxygen atoms in total. The van der Waals surface area contributed by atoms with Crippen molar-refractivity contribution in [3.63, 3.8) is 0 Å². The van der Waals surface area contributed by atoms with Crippen LogP contribution in [0, 0.1) is 0 Å². The van der Waals surface area contributed by atoms with Gasteiger partial charge in [0.2, 0.25) is 17.7 Å². The molecule has 0 fully saturated rings. The lowest BCUT2D eigenvalue weighted by Gasteiger charge is -2.22. The number of hydrogen-bond donors (Lipinski definition) is 8. The summed E-state index contributed by atoms with van der Waals surface area (Å²) in [6, 6.07) is 0.902. The van der Waals surface area contributed by atoms with Crippen molar-refractivity contribution in [3.05, 3.63) is 29.8 Å². The molecule has 0 aliphatic rings. The van der Waals surface area contributed by atoms with Crippen molar-refractivity contribution in [2.24, 2.45) is 5.73 Å². The van der Waals surface area contributed by atoms with Gasteiger partial charge in [0, 0.05) is 0 Å². The molecular formula is C18H26N4O8. The zero-order valence-corrected chi connectivity index (χ0v) is 16.2. The molecule has 30 heavy (non-hydrogen) atoms. The second-order valence-electron chi connectivity index (χ2n) is 6.53. The number of aliphatic hydroxyl groups excluding tert-OH is 2. The number of hydrogen-bond acceptors (Lipinski definition) is 8. The quantitative estimate of drug-likeness (QED) is 0.179. The Kier molecular flexibility index (Phi) is 9.68. The first-order valence-corrected chi connectivity index (χ1v) is 8.98. The summed E-state index contributed by atoms with van der Waals surface area (Å²) in [4.78, 5) is 47.2. The van der Waals surface area contributed by atoms with E-state index in [-0.39, 0.29) is 12.2 Å². The van der Waals surface area contributed by atoms with Crippen molar-refractivity contribution in [1.29, 1.82) is 0 Å². The number of carbonyl (C=O) groups is 4. The smallest absolute Gasteiger partial charge is 0.328 e. The Labute approximate surface area is 172 Å². The number of amides is 3. The summed E-state index contributed by atoms with van der Waals surface area (Å²) >= 11 is 0. The molecule has 0 saturated carbocycles. The SMILES string of the molecule is CC(NC(=O)C(N)Cc1ccc(O)cc1)C(=O)NC(CO)C(=O)NC(CO)C(=O)O. The number of phenols is 1. The summed E-state index contributed by atoms with van der Waals surface area (Å²) in [5, 5.41) is 42.8. The Hall–Kier alpha value is -3.22. The highest BCUT2D eigenvalue weighted by molar-refractivity contribution is 5.94. The van der Waals surface area contributed by atoms with Crippen molar-refractivity contribution in [1.82, 2.24) is 16.0 Å². The number of benzene rings is 1. The molecule has 0 aliphatic heterocycles. The van der Waals surface area contributed by atoms with E-state index in [2.05, 4.69) is 10.6 Å².